The van der Waals surface area contributed by atoms with E-state index in [0.717, 1.165) is 22.2 Å². The SMILES string of the molecule is Cc1cnc(N(CCBr)C(C)C)c(Br)c1. The molecule has 0 amide bonds. The van der Waals surface area contributed by atoms with Gasteiger partial charge in [-0.15, -0.1) is 0 Å². The third-order valence-corrected chi connectivity index (χ3v) is 3.12. The predicted octanol–water partition coefficient (Wildman–Crippen LogP) is 3.76. The minimum absolute atomic E-state index is 0.453. The summed E-state index contributed by atoms with van der Waals surface area (Å²) in [7, 11) is 0. The van der Waals surface area contributed by atoms with E-state index in [2.05, 4.69) is 61.7 Å². The van der Waals surface area contributed by atoms with E-state index in [-0.39, 0.29) is 0 Å². The van der Waals surface area contributed by atoms with Crippen molar-refractivity contribution in [1.82, 2.24) is 4.98 Å². The number of pyridine rings is 1. The lowest BCUT2D eigenvalue weighted by Crippen LogP contribution is -2.33. The van der Waals surface area contributed by atoms with Crippen LogP contribution in [0.25, 0.3) is 0 Å². The maximum Gasteiger partial charge on any atom is 0.143 e. The van der Waals surface area contributed by atoms with Crippen LogP contribution < -0.4 is 4.90 Å². The molecule has 15 heavy (non-hydrogen) atoms. The molecule has 84 valence electrons. The van der Waals surface area contributed by atoms with Crippen LogP contribution in [0.1, 0.15) is 19.4 Å². The molecule has 0 saturated heterocycles. The van der Waals surface area contributed by atoms with Gasteiger partial charge >= 0.3 is 0 Å². The van der Waals surface area contributed by atoms with Crippen molar-refractivity contribution in [2.45, 2.75) is 26.8 Å². The van der Waals surface area contributed by atoms with Crippen molar-refractivity contribution in [2.75, 3.05) is 16.8 Å². The number of nitrogens with zero attached hydrogens (tertiary/aromatic N) is 2. The van der Waals surface area contributed by atoms with E-state index in [0.29, 0.717) is 6.04 Å². The van der Waals surface area contributed by atoms with Gasteiger partial charge in [0.05, 0.1) is 4.47 Å². The van der Waals surface area contributed by atoms with E-state index in [1.165, 1.54) is 5.56 Å². The van der Waals surface area contributed by atoms with Gasteiger partial charge in [-0.1, -0.05) is 15.9 Å². The first-order valence-electron chi connectivity index (χ1n) is 5.01. The number of hydrogen-bond donors (Lipinski definition) is 0. The highest BCUT2D eigenvalue weighted by molar-refractivity contribution is 9.10. The molecule has 0 aliphatic carbocycles. The van der Waals surface area contributed by atoms with E-state index >= 15 is 0 Å². The molecular weight excluding hydrogens is 320 g/mol. The maximum absolute atomic E-state index is 4.48. The van der Waals surface area contributed by atoms with Crippen LogP contribution in [-0.4, -0.2) is 22.9 Å². The second kappa shape index (κ2) is 5.85. The van der Waals surface area contributed by atoms with Gasteiger partial charge in [-0.05, 0) is 48.3 Å². The molecule has 0 unspecified atom stereocenters. The number of alkyl halides is 1. The van der Waals surface area contributed by atoms with E-state index in [4.69, 9.17) is 0 Å². The Labute approximate surface area is 108 Å². The van der Waals surface area contributed by atoms with Gasteiger partial charge in [-0.25, -0.2) is 4.98 Å². The summed E-state index contributed by atoms with van der Waals surface area (Å²) in [6, 6.07) is 2.56. The summed E-state index contributed by atoms with van der Waals surface area (Å²) >= 11 is 7.04. The Morgan fingerprint density at radius 3 is 2.60 bits per heavy atom. The van der Waals surface area contributed by atoms with Crippen LogP contribution in [0.3, 0.4) is 0 Å². The smallest absolute Gasteiger partial charge is 0.143 e. The van der Waals surface area contributed by atoms with Crippen LogP contribution in [0.5, 0.6) is 0 Å². The lowest BCUT2D eigenvalue weighted by atomic mass is 10.2. The van der Waals surface area contributed by atoms with Gasteiger partial charge < -0.3 is 4.90 Å². The van der Waals surface area contributed by atoms with Crippen LogP contribution in [0.4, 0.5) is 5.82 Å². The summed E-state index contributed by atoms with van der Waals surface area (Å²) in [6.07, 6.45) is 1.91. The van der Waals surface area contributed by atoms with E-state index in [1.54, 1.807) is 0 Å². The average molecular weight is 336 g/mol. The highest BCUT2D eigenvalue weighted by Crippen LogP contribution is 2.25. The Morgan fingerprint density at radius 1 is 1.47 bits per heavy atom. The molecule has 0 aliphatic rings. The molecule has 0 radical (unpaired) electrons. The lowest BCUT2D eigenvalue weighted by molar-refractivity contribution is 0.696. The highest BCUT2D eigenvalue weighted by Gasteiger charge is 2.14. The summed E-state index contributed by atoms with van der Waals surface area (Å²) in [5, 5.41) is 0.952. The normalized spacial score (nSPS) is 10.8. The molecular formula is C11H16Br2N2. The molecule has 0 aromatic carbocycles. The summed E-state index contributed by atoms with van der Waals surface area (Å²) in [4.78, 5) is 6.75. The fourth-order valence-electron chi connectivity index (χ4n) is 1.44. The fraction of sp³-hybridized carbons (Fsp3) is 0.545. The first kappa shape index (κ1) is 13.0. The van der Waals surface area contributed by atoms with Gasteiger partial charge in [-0.3, -0.25) is 0 Å². The molecule has 1 aromatic rings. The number of aryl methyl sites for hydroxylation is 1. The molecule has 4 heteroatoms. The predicted molar refractivity (Wildman–Crippen MR) is 73.0 cm³/mol. The Hall–Kier alpha value is -0.0900. The Kier molecular flexibility index (Phi) is 5.06. The monoisotopic (exact) mass is 334 g/mol. The summed E-state index contributed by atoms with van der Waals surface area (Å²) in [5.41, 5.74) is 1.17. The fourth-order valence-corrected chi connectivity index (χ4v) is 2.51. The third-order valence-electron chi connectivity index (χ3n) is 2.18. The number of anilines is 1. The lowest BCUT2D eigenvalue weighted by Gasteiger charge is -2.28. The average Bonchev–Trinajstić information content (AvgIpc) is 2.15. The van der Waals surface area contributed by atoms with Crippen LogP contribution in [0.15, 0.2) is 16.7 Å². The van der Waals surface area contributed by atoms with Gasteiger partial charge in [0.15, 0.2) is 0 Å². The summed E-state index contributed by atoms with van der Waals surface area (Å²) in [5.74, 6) is 1.02. The molecule has 0 N–H and O–H groups in total. The minimum atomic E-state index is 0.453. The topological polar surface area (TPSA) is 16.1 Å². The Morgan fingerprint density at radius 2 is 2.13 bits per heavy atom. The summed E-state index contributed by atoms with van der Waals surface area (Å²) < 4.78 is 1.07. The van der Waals surface area contributed by atoms with E-state index in [1.807, 2.05) is 13.1 Å². The second-order valence-corrected chi connectivity index (χ2v) is 5.44. The van der Waals surface area contributed by atoms with Crippen molar-refractivity contribution in [3.8, 4) is 0 Å². The Balaban J connectivity index is 3.00. The van der Waals surface area contributed by atoms with Gasteiger partial charge in [0, 0.05) is 24.1 Å². The molecule has 1 rings (SSSR count). The van der Waals surface area contributed by atoms with Crippen LogP contribution >= 0.6 is 31.9 Å². The molecule has 2 nitrogen and oxygen atoms in total. The van der Waals surface area contributed by atoms with Gasteiger partial charge in [0.2, 0.25) is 0 Å². The number of aromatic nitrogens is 1. The zero-order valence-electron chi connectivity index (χ0n) is 9.30. The van der Waals surface area contributed by atoms with Crippen LogP contribution in [0, 0.1) is 6.92 Å². The van der Waals surface area contributed by atoms with Crippen molar-refractivity contribution in [3.05, 3.63) is 22.3 Å². The van der Waals surface area contributed by atoms with Gasteiger partial charge in [0.25, 0.3) is 0 Å². The molecule has 1 aromatic heterocycles. The van der Waals surface area contributed by atoms with E-state index in [9.17, 15) is 0 Å². The zero-order valence-corrected chi connectivity index (χ0v) is 12.5. The van der Waals surface area contributed by atoms with Crippen molar-refractivity contribution < 1.29 is 0 Å². The van der Waals surface area contributed by atoms with Gasteiger partial charge in [0.1, 0.15) is 5.82 Å². The largest absolute Gasteiger partial charge is 0.352 e. The third kappa shape index (κ3) is 3.45. The molecule has 0 atom stereocenters. The van der Waals surface area contributed by atoms with E-state index < -0.39 is 0 Å². The molecule has 0 spiro atoms. The summed E-state index contributed by atoms with van der Waals surface area (Å²) in [6.45, 7) is 7.37. The molecule has 0 bridgehead atoms. The zero-order chi connectivity index (χ0) is 11.4. The van der Waals surface area contributed by atoms with Crippen LogP contribution in [-0.2, 0) is 0 Å². The van der Waals surface area contributed by atoms with Gasteiger partial charge in [-0.2, -0.15) is 0 Å². The first-order valence-corrected chi connectivity index (χ1v) is 6.92. The van der Waals surface area contributed by atoms with Crippen LogP contribution in [0.2, 0.25) is 0 Å². The highest BCUT2D eigenvalue weighted by atomic mass is 79.9. The number of halogens is 2. The number of rotatable bonds is 4. The quantitative estimate of drug-likeness (QED) is 0.779. The maximum atomic E-state index is 4.48. The first-order chi connectivity index (χ1) is 7.06. The molecule has 0 fully saturated rings. The Bertz CT molecular complexity index is 326. The van der Waals surface area contributed by atoms with Crippen molar-refractivity contribution in [3.63, 3.8) is 0 Å². The molecule has 0 saturated carbocycles. The molecule has 1 heterocycles. The number of hydrogen-bond acceptors (Lipinski definition) is 2. The van der Waals surface area contributed by atoms with Crippen molar-refractivity contribution in [2.24, 2.45) is 0 Å². The van der Waals surface area contributed by atoms with Crippen molar-refractivity contribution >= 4 is 37.7 Å². The molecule has 0 aliphatic heterocycles. The standard InChI is InChI=1S/C11H16Br2N2/c1-8(2)15(5-4-12)11-10(13)6-9(3)7-14-11/h6-8H,4-5H2,1-3H3. The van der Waals surface area contributed by atoms with Crippen molar-refractivity contribution in [1.29, 1.82) is 0 Å². The minimum Gasteiger partial charge on any atom is -0.352 e. The second-order valence-electron chi connectivity index (χ2n) is 3.79.